The van der Waals surface area contributed by atoms with Gasteiger partial charge in [0.2, 0.25) is 10.0 Å². The number of nitrogens with zero attached hydrogens (tertiary/aromatic N) is 1. The molecule has 1 aromatic carbocycles. The van der Waals surface area contributed by atoms with Gasteiger partial charge in [0.15, 0.2) is 0 Å². The summed E-state index contributed by atoms with van der Waals surface area (Å²) in [6.45, 7) is -0.758. The van der Waals surface area contributed by atoms with E-state index < -0.39 is 40.0 Å². The van der Waals surface area contributed by atoms with E-state index in [4.69, 9.17) is 10.8 Å². The number of carboxylic acid groups (broad SMARTS) is 1. The summed E-state index contributed by atoms with van der Waals surface area (Å²) in [5, 5.41) is 8.75. The number of halogens is 3. The van der Waals surface area contributed by atoms with Crippen LogP contribution in [0.3, 0.4) is 0 Å². The first-order valence-corrected chi connectivity index (χ1v) is 7.05. The number of nitrogen functional groups attached to an aromatic ring is 1. The number of anilines is 1. The Morgan fingerprint density at radius 3 is 2.38 bits per heavy atom. The van der Waals surface area contributed by atoms with Crippen LogP contribution in [0.25, 0.3) is 0 Å². The highest BCUT2D eigenvalue weighted by Crippen LogP contribution is 2.25. The van der Waals surface area contributed by atoms with Gasteiger partial charge in [0.25, 0.3) is 0 Å². The molecule has 0 aliphatic rings. The van der Waals surface area contributed by atoms with Crippen molar-refractivity contribution in [3.8, 4) is 0 Å². The topological polar surface area (TPSA) is 101 Å². The van der Waals surface area contributed by atoms with Crippen LogP contribution < -0.4 is 5.73 Å². The van der Waals surface area contributed by atoms with Crippen LogP contribution in [-0.2, 0) is 10.0 Å². The summed E-state index contributed by atoms with van der Waals surface area (Å²) in [6.07, 6.45) is -5.78. The molecule has 10 heteroatoms. The molecule has 118 valence electrons. The van der Waals surface area contributed by atoms with E-state index in [0.29, 0.717) is 4.31 Å². The molecule has 0 atom stereocenters. The maximum Gasteiger partial charge on any atom is 0.390 e. The largest absolute Gasteiger partial charge is 0.478 e. The van der Waals surface area contributed by atoms with E-state index in [9.17, 15) is 26.4 Å². The third-order valence-electron chi connectivity index (χ3n) is 2.66. The summed E-state index contributed by atoms with van der Waals surface area (Å²) in [6, 6.07) is 2.91. The van der Waals surface area contributed by atoms with Gasteiger partial charge in [0, 0.05) is 13.6 Å². The van der Waals surface area contributed by atoms with Crippen LogP contribution in [0.4, 0.5) is 18.9 Å². The highest BCUT2D eigenvalue weighted by Gasteiger charge is 2.31. The lowest BCUT2D eigenvalue weighted by molar-refractivity contribution is -0.135. The lowest BCUT2D eigenvalue weighted by Crippen LogP contribution is -2.31. The first-order chi connectivity index (χ1) is 9.45. The summed E-state index contributed by atoms with van der Waals surface area (Å²) < 4.78 is 61.0. The van der Waals surface area contributed by atoms with Gasteiger partial charge in [-0.05, 0) is 18.2 Å². The van der Waals surface area contributed by atoms with Crippen LogP contribution in [0, 0.1) is 0 Å². The van der Waals surface area contributed by atoms with Crippen molar-refractivity contribution in [1.29, 1.82) is 0 Å². The number of rotatable bonds is 5. The molecule has 3 N–H and O–H groups in total. The maximum absolute atomic E-state index is 12.1. The Morgan fingerprint density at radius 1 is 1.38 bits per heavy atom. The van der Waals surface area contributed by atoms with E-state index >= 15 is 0 Å². The van der Waals surface area contributed by atoms with Gasteiger partial charge in [-0.3, -0.25) is 0 Å². The Balaban J connectivity index is 3.05. The Morgan fingerprint density at radius 2 is 1.95 bits per heavy atom. The molecule has 0 amide bonds. The van der Waals surface area contributed by atoms with Crippen molar-refractivity contribution in [2.24, 2.45) is 0 Å². The van der Waals surface area contributed by atoms with Gasteiger partial charge >= 0.3 is 12.1 Å². The van der Waals surface area contributed by atoms with E-state index in [-0.39, 0.29) is 11.3 Å². The summed E-state index contributed by atoms with van der Waals surface area (Å²) in [4.78, 5) is 10.3. The fraction of sp³-hybridized carbons (Fsp3) is 0.364. The molecule has 1 aromatic rings. The van der Waals surface area contributed by atoms with Crippen LogP contribution in [0.2, 0.25) is 0 Å². The molecule has 0 unspecified atom stereocenters. The Kier molecular flexibility index (Phi) is 4.84. The molecule has 0 heterocycles. The molecule has 21 heavy (non-hydrogen) atoms. The first kappa shape index (κ1) is 17.2. The Hall–Kier alpha value is -1.81. The van der Waals surface area contributed by atoms with Gasteiger partial charge in [0.1, 0.15) is 4.90 Å². The quantitative estimate of drug-likeness (QED) is 0.799. The van der Waals surface area contributed by atoms with Crippen LogP contribution in [-0.4, -0.2) is 43.6 Å². The predicted octanol–water partition coefficient (Wildman–Crippen LogP) is 1.54. The number of aromatic carboxylic acids is 1. The molecule has 0 aliphatic heterocycles. The zero-order chi connectivity index (χ0) is 16.4. The second kappa shape index (κ2) is 5.90. The average Bonchev–Trinajstić information content (AvgIpc) is 2.34. The molecule has 0 saturated heterocycles. The van der Waals surface area contributed by atoms with Gasteiger partial charge in [0.05, 0.1) is 17.7 Å². The van der Waals surface area contributed by atoms with Crippen molar-refractivity contribution in [1.82, 2.24) is 4.31 Å². The smallest absolute Gasteiger partial charge is 0.390 e. The lowest BCUT2D eigenvalue weighted by Gasteiger charge is -2.19. The molecule has 0 saturated carbocycles. The summed E-state index contributed by atoms with van der Waals surface area (Å²) in [7, 11) is -3.23. The molecule has 1 rings (SSSR count). The third kappa shape index (κ3) is 4.33. The molecular weight excluding hydrogens is 313 g/mol. The van der Waals surface area contributed by atoms with Gasteiger partial charge in [-0.1, -0.05) is 0 Å². The first-order valence-electron chi connectivity index (χ1n) is 5.61. The lowest BCUT2D eigenvalue weighted by atomic mass is 10.2. The van der Waals surface area contributed by atoms with Crippen LogP contribution >= 0.6 is 0 Å². The minimum Gasteiger partial charge on any atom is -0.478 e. The van der Waals surface area contributed by atoms with Crippen molar-refractivity contribution >= 4 is 21.7 Å². The molecular formula is C11H13F3N2O4S. The van der Waals surface area contributed by atoms with Gasteiger partial charge in [-0.15, -0.1) is 0 Å². The van der Waals surface area contributed by atoms with Crippen molar-refractivity contribution < 1.29 is 31.5 Å². The molecule has 0 aliphatic carbocycles. The Labute approximate surface area is 119 Å². The van der Waals surface area contributed by atoms with Crippen LogP contribution in [0.5, 0.6) is 0 Å². The molecule has 0 aromatic heterocycles. The molecule has 0 bridgehead atoms. The molecule has 0 fully saturated rings. The van der Waals surface area contributed by atoms with E-state index in [1.165, 1.54) is 0 Å². The number of nitrogens with two attached hydrogens (primary N) is 1. The predicted molar refractivity (Wildman–Crippen MR) is 68.3 cm³/mol. The van der Waals surface area contributed by atoms with Crippen molar-refractivity contribution in [2.75, 3.05) is 19.3 Å². The van der Waals surface area contributed by atoms with E-state index in [1.54, 1.807) is 0 Å². The van der Waals surface area contributed by atoms with Gasteiger partial charge in [-0.25, -0.2) is 17.5 Å². The summed E-state index contributed by atoms with van der Waals surface area (Å²) in [5.74, 6) is -1.30. The van der Waals surface area contributed by atoms with Crippen molar-refractivity contribution in [2.45, 2.75) is 17.5 Å². The number of carboxylic acids is 1. The maximum atomic E-state index is 12.1. The van der Waals surface area contributed by atoms with Gasteiger partial charge < -0.3 is 10.8 Å². The minimum atomic E-state index is -4.48. The van der Waals surface area contributed by atoms with Crippen LogP contribution in [0.15, 0.2) is 23.1 Å². The SMILES string of the molecule is CN(CCC(F)(F)F)S(=O)(=O)c1ccc(C(=O)O)cc1N. The fourth-order valence-electron chi connectivity index (χ4n) is 1.49. The van der Waals surface area contributed by atoms with Crippen LogP contribution in [0.1, 0.15) is 16.8 Å². The fourth-order valence-corrected chi connectivity index (χ4v) is 2.75. The second-order valence-corrected chi connectivity index (χ2v) is 6.26. The molecule has 0 spiro atoms. The highest BCUT2D eigenvalue weighted by molar-refractivity contribution is 7.89. The molecule has 6 nitrogen and oxygen atoms in total. The number of hydrogen-bond acceptors (Lipinski definition) is 4. The van der Waals surface area contributed by atoms with Crippen molar-refractivity contribution in [3.63, 3.8) is 0 Å². The standard InChI is InChI=1S/C11H13F3N2O4S/c1-16(5-4-11(12,13)14)21(19,20)9-3-2-7(10(17)18)6-8(9)15/h2-3,6H,4-5,15H2,1H3,(H,17,18). The highest BCUT2D eigenvalue weighted by atomic mass is 32.2. The van der Waals surface area contributed by atoms with E-state index in [2.05, 4.69) is 0 Å². The normalized spacial score (nSPS) is 12.6. The number of sulfonamides is 1. The van der Waals surface area contributed by atoms with Gasteiger partial charge in [-0.2, -0.15) is 13.2 Å². The number of carbonyl (C=O) groups is 1. The zero-order valence-electron chi connectivity index (χ0n) is 10.9. The summed E-state index contributed by atoms with van der Waals surface area (Å²) in [5.41, 5.74) is 4.92. The number of benzene rings is 1. The zero-order valence-corrected chi connectivity index (χ0v) is 11.7. The third-order valence-corrected chi connectivity index (χ3v) is 4.59. The van der Waals surface area contributed by atoms with E-state index in [1.807, 2.05) is 0 Å². The monoisotopic (exact) mass is 326 g/mol. The molecule has 0 radical (unpaired) electrons. The summed E-state index contributed by atoms with van der Waals surface area (Å²) >= 11 is 0. The second-order valence-electron chi connectivity index (χ2n) is 4.25. The number of alkyl halides is 3. The average molecular weight is 326 g/mol. The minimum absolute atomic E-state index is 0.218. The van der Waals surface area contributed by atoms with E-state index in [0.717, 1.165) is 25.2 Å². The van der Waals surface area contributed by atoms with Crippen molar-refractivity contribution in [3.05, 3.63) is 23.8 Å². The number of hydrogen-bond donors (Lipinski definition) is 2. The Bertz CT molecular complexity index is 643.